The van der Waals surface area contributed by atoms with Crippen LogP contribution < -0.4 is 0 Å². The van der Waals surface area contributed by atoms with Crippen molar-refractivity contribution in [3.8, 4) is 22.8 Å². The first-order valence-corrected chi connectivity index (χ1v) is 11.6. The molecule has 0 spiro atoms. The van der Waals surface area contributed by atoms with Gasteiger partial charge in [-0.1, -0.05) is 59.4 Å². The van der Waals surface area contributed by atoms with E-state index >= 15 is 0 Å². The van der Waals surface area contributed by atoms with Gasteiger partial charge in [0.25, 0.3) is 0 Å². The van der Waals surface area contributed by atoms with Gasteiger partial charge in [0.2, 0.25) is 11.7 Å². The van der Waals surface area contributed by atoms with Crippen molar-refractivity contribution in [3.63, 3.8) is 0 Å². The summed E-state index contributed by atoms with van der Waals surface area (Å²) < 4.78 is 21.5. The Morgan fingerprint density at radius 2 is 1.88 bits per heavy atom. The topological polar surface area (TPSA) is 82.5 Å². The molecule has 0 radical (unpaired) electrons. The van der Waals surface area contributed by atoms with Crippen molar-refractivity contribution in [2.75, 3.05) is 0 Å². The SMILES string of the molecule is Cc1ccc(-c2noc(C(C)Sc3nnc(-c4cccnc4)n3Cc3ccccc3)n2)cc1F. The molecule has 1 atom stereocenters. The number of pyridine rings is 1. The van der Waals surface area contributed by atoms with Gasteiger partial charge in [0, 0.05) is 23.5 Å². The minimum atomic E-state index is -0.303. The van der Waals surface area contributed by atoms with Gasteiger partial charge in [-0.2, -0.15) is 4.98 Å². The Balaban J connectivity index is 1.43. The third-order valence-electron chi connectivity index (χ3n) is 5.32. The molecule has 0 aliphatic carbocycles. The summed E-state index contributed by atoms with van der Waals surface area (Å²) in [5.41, 5.74) is 3.15. The van der Waals surface area contributed by atoms with Gasteiger partial charge >= 0.3 is 0 Å². The summed E-state index contributed by atoms with van der Waals surface area (Å²) in [5.74, 6) is 1.21. The van der Waals surface area contributed by atoms with E-state index in [2.05, 4.69) is 42.0 Å². The van der Waals surface area contributed by atoms with Crippen LogP contribution in [0.15, 0.2) is 82.7 Å². The molecule has 0 N–H and O–H groups in total. The molecular weight excluding hydrogens is 451 g/mol. The molecule has 5 aromatic rings. The average Bonchev–Trinajstić information content (AvgIpc) is 3.50. The summed E-state index contributed by atoms with van der Waals surface area (Å²) >= 11 is 1.47. The second-order valence-electron chi connectivity index (χ2n) is 7.80. The van der Waals surface area contributed by atoms with E-state index in [4.69, 9.17) is 4.52 Å². The van der Waals surface area contributed by atoms with Crippen molar-refractivity contribution in [3.05, 3.63) is 95.9 Å². The smallest absolute Gasteiger partial charge is 0.240 e. The third-order valence-corrected chi connectivity index (χ3v) is 6.39. The summed E-state index contributed by atoms with van der Waals surface area (Å²) in [5, 5.41) is 13.5. The summed E-state index contributed by atoms with van der Waals surface area (Å²) in [6.07, 6.45) is 3.50. The van der Waals surface area contributed by atoms with E-state index < -0.39 is 0 Å². The van der Waals surface area contributed by atoms with Crippen LogP contribution in [0, 0.1) is 12.7 Å². The van der Waals surface area contributed by atoms with Gasteiger partial charge in [-0.05, 0) is 43.2 Å². The fourth-order valence-corrected chi connectivity index (χ4v) is 4.33. The summed E-state index contributed by atoms with van der Waals surface area (Å²) in [6.45, 7) is 4.28. The van der Waals surface area contributed by atoms with Crippen LogP contribution in [0.3, 0.4) is 0 Å². The number of thioether (sulfide) groups is 1. The second-order valence-corrected chi connectivity index (χ2v) is 9.11. The van der Waals surface area contributed by atoms with Crippen LogP contribution >= 0.6 is 11.8 Å². The molecule has 9 heteroatoms. The van der Waals surface area contributed by atoms with E-state index in [1.54, 1.807) is 31.5 Å². The molecular formula is C25H21FN6OS. The average molecular weight is 473 g/mol. The normalized spacial score (nSPS) is 12.1. The Morgan fingerprint density at radius 1 is 1.03 bits per heavy atom. The van der Waals surface area contributed by atoms with E-state index in [0.29, 0.717) is 29.4 Å². The lowest BCUT2D eigenvalue weighted by molar-refractivity contribution is 0.380. The fraction of sp³-hybridized carbons (Fsp3) is 0.160. The van der Waals surface area contributed by atoms with Crippen molar-refractivity contribution >= 4 is 11.8 Å². The predicted octanol–water partition coefficient (Wildman–Crippen LogP) is 5.74. The lowest BCUT2D eigenvalue weighted by atomic mass is 10.1. The van der Waals surface area contributed by atoms with Crippen molar-refractivity contribution in [2.24, 2.45) is 0 Å². The second kappa shape index (κ2) is 9.56. The zero-order chi connectivity index (χ0) is 23.5. The lowest BCUT2D eigenvalue weighted by Crippen LogP contribution is -2.05. The number of rotatable bonds is 7. The predicted molar refractivity (Wildman–Crippen MR) is 127 cm³/mol. The van der Waals surface area contributed by atoms with Crippen molar-refractivity contribution < 1.29 is 8.91 Å². The molecule has 0 saturated heterocycles. The zero-order valence-corrected chi connectivity index (χ0v) is 19.4. The minimum absolute atomic E-state index is 0.197. The maximum absolute atomic E-state index is 14.0. The van der Waals surface area contributed by atoms with Gasteiger partial charge in [0.15, 0.2) is 11.0 Å². The Labute approximate surface area is 200 Å². The minimum Gasteiger partial charge on any atom is -0.338 e. The molecule has 1 unspecified atom stereocenters. The largest absolute Gasteiger partial charge is 0.338 e. The molecule has 7 nitrogen and oxygen atoms in total. The van der Waals surface area contributed by atoms with Gasteiger partial charge in [0.05, 0.1) is 11.8 Å². The van der Waals surface area contributed by atoms with Gasteiger partial charge < -0.3 is 4.52 Å². The molecule has 170 valence electrons. The third kappa shape index (κ3) is 4.60. The molecule has 0 bridgehead atoms. The van der Waals surface area contributed by atoms with Gasteiger partial charge in [-0.25, -0.2) is 4.39 Å². The van der Waals surface area contributed by atoms with Crippen LogP contribution in [0.25, 0.3) is 22.8 Å². The fourth-order valence-electron chi connectivity index (χ4n) is 3.45. The van der Waals surface area contributed by atoms with Gasteiger partial charge in [-0.3, -0.25) is 9.55 Å². The van der Waals surface area contributed by atoms with E-state index in [-0.39, 0.29) is 11.1 Å². The highest BCUT2D eigenvalue weighted by Gasteiger charge is 2.22. The molecule has 0 aliphatic heterocycles. The number of aryl methyl sites for hydroxylation is 1. The molecule has 0 fully saturated rings. The number of nitrogens with zero attached hydrogens (tertiary/aromatic N) is 6. The maximum atomic E-state index is 14.0. The lowest BCUT2D eigenvalue weighted by Gasteiger charge is -2.12. The highest BCUT2D eigenvalue weighted by atomic mass is 32.2. The first-order chi connectivity index (χ1) is 16.6. The molecule has 0 amide bonds. The highest BCUT2D eigenvalue weighted by molar-refractivity contribution is 7.99. The van der Waals surface area contributed by atoms with Gasteiger partial charge in [0.1, 0.15) is 5.82 Å². The number of hydrogen-bond donors (Lipinski definition) is 0. The molecule has 3 heterocycles. The first kappa shape index (κ1) is 22.0. The molecule has 3 aromatic heterocycles. The van der Waals surface area contributed by atoms with Crippen LogP contribution in [-0.4, -0.2) is 29.9 Å². The Hall–Kier alpha value is -3.85. The summed E-state index contributed by atoms with van der Waals surface area (Å²) in [4.78, 5) is 8.72. The number of aromatic nitrogens is 6. The van der Waals surface area contributed by atoms with Crippen LogP contribution in [-0.2, 0) is 6.54 Å². The summed E-state index contributed by atoms with van der Waals surface area (Å²) in [7, 11) is 0. The van der Waals surface area contributed by atoms with E-state index in [1.165, 1.54) is 17.8 Å². The first-order valence-electron chi connectivity index (χ1n) is 10.7. The van der Waals surface area contributed by atoms with Crippen LogP contribution in [0.4, 0.5) is 4.39 Å². The van der Waals surface area contributed by atoms with E-state index in [0.717, 1.165) is 22.1 Å². The van der Waals surface area contributed by atoms with Crippen molar-refractivity contribution in [2.45, 2.75) is 30.8 Å². The standard InChI is InChI=1S/C25H21FN6OS/c1-16-10-11-19(13-21(16)26)22-28-24(33-31-22)17(2)34-25-30-29-23(20-9-6-12-27-14-20)32(25)15-18-7-4-3-5-8-18/h3-14,17H,15H2,1-2H3. The maximum Gasteiger partial charge on any atom is 0.240 e. The highest BCUT2D eigenvalue weighted by Crippen LogP contribution is 2.35. The Kier molecular flexibility index (Phi) is 6.18. The van der Waals surface area contributed by atoms with E-state index in [1.807, 2.05) is 37.3 Å². The van der Waals surface area contributed by atoms with Crippen LogP contribution in [0.1, 0.15) is 29.2 Å². The van der Waals surface area contributed by atoms with Crippen LogP contribution in [0.5, 0.6) is 0 Å². The van der Waals surface area contributed by atoms with Gasteiger partial charge in [-0.15, -0.1) is 10.2 Å². The van der Waals surface area contributed by atoms with E-state index in [9.17, 15) is 4.39 Å². The van der Waals surface area contributed by atoms with Crippen molar-refractivity contribution in [1.29, 1.82) is 0 Å². The summed E-state index contributed by atoms with van der Waals surface area (Å²) in [6, 6.07) is 18.9. The molecule has 5 rings (SSSR count). The number of hydrogen-bond acceptors (Lipinski definition) is 7. The van der Waals surface area contributed by atoms with Crippen molar-refractivity contribution in [1.82, 2.24) is 29.9 Å². The zero-order valence-electron chi connectivity index (χ0n) is 18.6. The Bertz CT molecular complexity index is 1400. The van der Waals surface area contributed by atoms with Crippen LogP contribution in [0.2, 0.25) is 0 Å². The quantitative estimate of drug-likeness (QED) is 0.279. The Morgan fingerprint density at radius 3 is 2.65 bits per heavy atom. The number of halogens is 1. The molecule has 0 saturated carbocycles. The molecule has 2 aromatic carbocycles. The monoisotopic (exact) mass is 472 g/mol. The molecule has 0 aliphatic rings. The molecule has 34 heavy (non-hydrogen) atoms. The number of benzene rings is 2.